The average molecular weight is 385 g/mol. The highest BCUT2D eigenvalue weighted by Gasteiger charge is 2.19. The van der Waals surface area contributed by atoms with E-state index < -0.39 is 10.0 Å². The molecular weight excluding hydrogens is 372 g/mol. The fourth-order valence-corrected chi connectivity index (χ4v) is 3.85. The highest BCUT2D eigenvalue weighted by Crippen LogP contribution is 2.27. The van der Waals surface area contributed by atoms with Gasteiger partial charge in [-0.3, -0.25) is 4.72 Å². The quantitative estimate of drug-likeness (QED) is 0.579. The normalized spacial score (nSPS) is 11.6. The van der Waals surface area contributed by atoms with Crippen LogP contribution in [0.5, 0.6) is 0 Å². The number of para-hydroxylation sites is 1. The van der Waals surface area contributed by atoms with Gasteiger partial charge in [-0.1, -0.05) is 48.0 Å². The van der Waals surface area contributed by atoms with E-state index in [4.69, 9.17) is 11.6 Å². The Balaban J connectivity index is 1.84. The summed E-state index contributed by atoms with van der Waals surface area (Å²) in [5.74, 6) is 0.343. The number of hydrogen-bond donors (Lipinski definition) is 1. The molecule has 0 radical (unpaired) electrons. The molecule has 26 heavy (non-hydrogen) atoms. The minimum atomic E-state index is -3.79. The molecule has 0 atom stereocenters. The van der Waals surface area contributed by atoms with Gasteiger partial charge in [-0.2, -0.15) is 5.10 Å². The van der Waals surface area contributed by atoms with E-state index in [9.17, 15) is 8.42 Å². The highest BCUT2D eigenvalue weighted by molar-refractivity contribution is 7.92. The Bertz CT molecular complexity index is 1190. The summed E-state index contributed by atoms with van der Waals surface area (Å²) in [7, 11) is -3.79. The first kappa shape index (κ1) is 16.6. The van der Waals surface area contributed by atoms with Gasteiger partial charge in [0.2, 0.25) is 0 Å². The van der Waals surface area contributed by atoms with Crippen molar-refractivity contribution in [3.05, 3.63) is 78.1 Å². The predicted octanol–water partition coefficient (Wildman–Crippen LogP) is 3.87. The lowest BCUT2D eigenvalue weighted by atomic mass is 10.2. The van der Waals surface area contributed by atoms with Crippen LogP contribution < -0.4 is 4.72 Å². The molecule has 1 N–H and O–H groups in total. The van der Waals surface area contributed by atoms with Gasteiger partial charge in [0.05, 0.1) is 27.3 Å². The van der Waals surface area contributed by atoms with Crippen molar-refractivity contribution in [2.24, 2.45) is 0 Å². The number of pyridine rings is 1. The van der Waals surface area contributed by atoms with E-state index in [2.05, 4.69) is 14.8 Å². The molecule has 6 nitrogen and oxygen atoms in total. The molecule has 0 aliphatic heterocycles. The van der Waals surface area contributed by atoms with Gasteiger partial charge in [0, 0.05) is 11.6 Å². The number of benzene rings is 2. The highest BCUT2D eigenvalue weighted by atomic mass is 35.5. The molecule has 0 aliphatic carbocycles. The first-order valence-electron chi connectivity index (χ1n) is 7.71. The van der Waals surface area contributed by atoms with Crippen LogP contribution in [0.25, 0.3) is 16.7 Å². The van der Waals surface area contributed by atoms with Gasteiger partial charge in [0.25, 0.3) is 10.0 Å². The van der Waals surface area contributed by atoms with Crippen LogP contribution in [-0.4, -0.2) is 23.2 Å². The number of nitrogens with one attached hydrogen (secondary N) is 1. The number of aromatic nitrogens is 3. The standard InChI is InChI=1S/C18H13ClN4O2S/c19-14-10-16(22-26(24,25)15-7-2-1-3-8-15)18(20-12-14)23-17-9-5-4-6-13(17)11-21-23/h1-12,22H. The first-order valence-corrected chi connectivity index (χ1v) is 9.57. The van der Waals surface area contributed by atoms with Crippen LogP contribution in [0.15, 0.2) is 78.0 Å². The van der Waals surface area contributed by atoms with Crippen LogP contribution in [0.3, 0.4) is 0 Å². The van der Waals surface area contributed by atoms with Gasteiger partial charge >= 0.3 is 0 Å². The van der Waals surface area contributed by atoms with E-state index in [1.54, 1.807) is 29.1 Å². The summed E-state index contributed by atoms with van der Waals surface area (Å²) in [4.78, 5) is 4.44. The van der Waals surface area contributed by atoms with Crippen LogP contribution in [0.4, 0.5) is 5.69 Å². The van der Waals surface area contributed by atoms with Crippen molar-refractivity contribution in [2.45, 2.75) is 4.90 Å². The van der Waals surface area contributed by atoms with Crippen molar-refractivity contribution in [1.82, 2.24) is 14.8 Å². The van der Waals surface area contributed by atoms with E-state index in [1.165, 1.54) is 24.4 Å². The van der Waals surface area contributed by atoms with E-state index in [0.29, 0.717) is 10.8 Å². The largest absolute Gasteiger partial charge is 0.276 e. The summed E-state index contributed by atoms with van der Waals surface area (Å²) in [5, 5.41) is 5.57. The summed E-state index contributed by atoms with van der Waals surface area (Å²) in [5.41, 5.74) is 1.05. The smallest absolute Gasteiger partial charge is 0.262 e. The van der Waals surface area contributed by atoms with Crippen molar-refractivity contribution >= 4 is 38.2 Å². The van der Waals surface area contributed by atoms with Crippen LogP contribution in [-0.2, 0) is 10.0 Å². The monoisotopic (exact) mass is 384 g/mol. The van der Waals surface area contributed by atoms with E-state index in [1.807, 2.05) is 24.3 Å². The summed E-state index contributed by atoms with van der Waals surface area (Å²) in [6.07, 6.45) is 3.15. The van der Waals surface area contributed by atoms with Gasteiger partial charge in [0.15, 0.2) is 5.82 Å². The van der Waals surface area contributed by atoms with Crippen LogP contribution >= 0.6 is 11.6 Å². The summed E-state index contributed by atoms with van der Waals surface area (Å²) in [6.45, 7) is 0. The number of sulfonamides is 1. The molecule has 4 rings (SSSR count). The van der Waals surface area contributed by atoms with Crippen LogP contribution in [0, 0.1) is 0 Å². The number of hydrogen-bond acceptors (Lipinski definition) is 4. The number of halogens is 1. The second-order valence-electron chi connectivity index (χ2n) is 5.56. The van der Waals surface area contributed by atoms with Crippen molar-refractivity contribution < 1.29 is 8.42 Å². The zero-order valence-electron chi connectivity index (χ0n) is 13.4. The number of rotatable bonds is 4. The van der Waals surface area contributed by atoms with Gasteiger partial charge in [0.1, 0.15) is 0 Å². The molecule has 4 aromatic rings. The second kappa shape index (κ2) is 6.44. The third-order valence-corrected chi connectivity index (χ3v) is 5.40. The Morgan fingerprint density at radius 2 is 1.69 bits per heavy atom. The minimum Gasteiger partial charge on any atom is -0.276 e. The maximum absolute atomic E-state index is 12.7. The molecule has 0 bridgehead atoms. The Morgan fingerprint density at radius 3 is 2.50 bits per heavy atom. The molecule has 2 aromatic heterocycles. The molecule has 0 unspecified atom stereocenters. The van der Waals surface area contributed by atoms with E-state index >= 15 is 0 Å². The third kappa shape index (κ3) is 3.02. The van der Waals surface area contributed by atoms with Gasteiger partial charge in [-0.15, -0.1) is 0 Å². The predicted molar refractivity (Wildman–Crippen MR) is 101 cm³/mol. The number of fused-ring (bicyclic) bond motifs is 1. The number of nitrogens with zero attached hydrogens (tertiary/aromatic N) is 3. The maximum Gasteiger partial charge on any atom is 0.262 e. The molecule has 130 valence electrons. The van der Waals surface area contributed by atoms with Crippen molar-refractivity contribution in [3.63, 3.8) is 0 Å². The van der Waals surface area contributed by atoms with E-state index in [-0.39, 0.29) is 10.6 Å². The first-order chi connectivity index (χ1) is 12.5. The zero-order chi connectivity index (χ0) is 18.1. The molecule has 2 heterocycles. The number of anilines is 1. The lowest BCUT2D eigenvalue weighted by Gasteiger charge is -2.13. The van der Waals surface area contributed by atoms with Crippen molar-refractivity contribution in [1.29, 1.82) is 0 Å². The molecule has 0 saturated heterocycles. The van der Waals surface area contributed by atoms with E-state index in [0.717, 1.165) is 10.9 Å². The fourth-order valence-electron chi connectivity index (χ4n) is 2.62. The SMILES string of the molecule is O=S(=O)(Nc1cc(Cl)cnc1-n1ncc2ccccc21)c1ccccc1. The summed E-state index contributed by atoms with van der Waals surface area (Å²) >= 11 is 6.04. The topological polar surface area (TPSA) is 76.9 Å². The Labute approximate surface area is 155 Å². The van der Waals surface area contributed by atoms with Crippen LogP contribution in [0.1, 0.15) is 0 Å². The van der Waals surface area contributed by atoms with Crippen molar-refractivity contribution in [2.75, 3.05) is 4.72 Å². The molecule has 0 aliphatic rings. The van der Waals surface area contributed by atoms with Gasteiger partial charge in [-0.25, -0.2) is 18.1 Å². The Hall–Kier alpha value is -2.90. The Morgan fingerprint density at radius 1 is 0.962 bits per heavy atom. The molecule has 0 amide bonds. The molecule has 2 aromatic carbocycles. The lowest BCUT2D eigenvalue weighted by molar-refractivity contribution is 0.601. The summed E-state index contributed by atoms with van der Waals surface area (Å²) < 4.78 is 29.5. The average Bonchev–Trinajstić information content (AvgIpc) is 3.06. The summed E-state index contributed by atoms with van der Waals surface area (Å²) in [6, 6.07) is 17.2. The molecular formula is C18H13ClN4O2S. The zero-order valence-corrected chi connectivity index (χ0v) is 14.9. The molecule has 0 saturated carbocycles. The van der Waals surface area contributed by atoms with Gasteiger partial charge < -0.3 is 0 Å². The lowest BCUT2D eigenvalue weighted by Crippen LogP contribution is -2.15. The third-order valence-electron chi connectivity index (χ3n) is 3.81. The second-order valence-corrected chi connectivity index (χ2v) is 7.68. The molecule has 0 fully saturated rings. The minimum absolute atomic E-state index is 0.149. The Kier molecular flexibility index (Phi) is 4.10. The van der Waals surface area contributed by atoms with Crippen LogP contribution in [0.2, 0.25) is 5.02 Å². The fraction of sp³-hybridized carbons (Fsp3) is 0. The maximum atomic E-state index is 12.7. The molecule has 8 heteroatoms. The van der Waals surface area contributed by atoms with Crippen molar-refractivity contribution in [3.8, 4) is 5.82 Å². The van der Waals surface area contributed by atoms with Gasteiger partial charge in [-0.05, 0) is 24.3 Å². The molecule has 0 spiro atoms.